The molecule has 1 unspecified atom stereocenters. The molecule has 4 heteroatoms. The van der Waals surface area contributed by atoms with E-state index in [2.05, 4.69) is 4.99 Å². The Kier molecular flexibility index (Phi) is 1.25. The second kappa shape index (κ2) is 2.23. The van der Waals surface area contributed by atoms with Crippen molar-refractivity contribution in [3.05, 3.63) is 24.2 Å². The van der Waals surface area contributed by atoms with Crippen molar-refractivity contribution >= 4 is 12.3 Å². The van der Waals surface area contributed by atoms with Gasteiger partial charge in [-0.2, -0.15) is 4.99 Å². The first-order valence-electron chi connectivity index (χ1n) is 3.14. The van der Waals surface area contributed by atoms with Crippen LogP contribution in [-0.4, -0.2) is 12.3 Å². The summed E-state index contributed by atoms with van der Waals surface area (Å²) in [6.45, 7) is 0. The van der Waals surface area contributed by atoms with E-state index in [0.717, 1.165) is 0 Å². The smallest absolute Gasteiger partial charge is 0.434 e. The Morgan fingerprint density at radius 3 is 3.00 bits per heavy atom. The monoisotopic (exact) mass is 151 g/mol. The number of amides is 1. The predicted octanol–water partition coefficient (Wildman–Crippen LogP) is 1.54. The highest BCUT2D eigenvalue weighted by molar-refractivity contribution is 5.87. The highest BCUT2D eigenvalue weighted by atomic mass is 16.6. The highest BCUT2D eigenvalue weighted by Crippen LogP contribution is 2.19. The Balaban J connectivity index is 2.21. The lowest BCUT2D eigenvalue weighted by atomic mass is 10.3. The number of hydrogen-bond acceptors (Lipinski definition) is 3. The first-order chi connectivity index (χ1) is 5.36. The largest absolute Gasteiger partial charge is 0.465 e. The van der Waals surface area contributed by atoms with Crippen molar-refractivity contribution in [2.75, 3.05) is 0 Å². The van der Waals surface area contributed by atoms with Gasteiger partial charge in [-0.25, -0.2) is 4.79 Å². The van der Waals surface area contributed by atoms with Crippen LogP contribution in [0, 0.1) is 0 Å². The zero-order valence-corrected chi connectivity index (χ0v) is 5.56. The van der Waals surface area contributed by atoms with Crippen LogP contribution < -0.4 is 0 Å². The lowest BCUT2D eigenvalue weighted by Gasteiger charge is -2.00. The number of carbonyl (C=O) groups excluding carboxylic acids is 1. The lowest BCUT2D eigenvalue weighted by Crippen LogP contribution is -1.98. The van der Waals surface area contributed by atoms with Crippen LogP contribution in [0.5, 0.6) is 0 Å². The van der Waals surface area contributed by atoms with E-state index in [0.29, 0.717) is 5.76 Å². The molecule has 0 N–H and O–H groups in total. The first-order valence-corrected chi connectivity index (χ1v) is 3.14. The van der Waals surface area contributed by atoms with Crippen molar-refractivity contribution < 1.29 is 13.9 Å². The van der Waals surface area contributed by atoms with Crippen LogP contribution in [0.2, 0.25) is 0 Å². The van der Waals surface area contributed by atoms with Gasteiger partial charge in [-0.05, 0) is 12.1 Å². The van der Waals surface area contributed by atoms with Gasteiger partial charge in [0.05, 0.1) is 12.5 Å². The van der Waals surface area contributed by atoms with Crippen molar-refractivity contribution in [1.82, 2.24) is 0 Å². The molecule has 1 aromatic rings. The number of hydrogen-bond donors (Lipinski definition) is 0. The van der Waals surface area contributed by atoms with Gasteiger partial charge >= 0.3 is 6.09 Å². The molecule has 1 atom stereocenters. The fourth-order valence-electron chi connectivity index (χ4n) is 0.883. The first kappa shape index (κ1) is 6.15. The quantitative estimate of drug-likeness (QED) is 0.611. The van der Waals surface area contributed by atoms with Crippen LogP contribution in [0.15, 0.2) is 27.8 Å². The van der Waals surface area contributed by atoms with Crippen LogP contribution in [0.4, 0.5) is 4.79 Å². The van der Waals surface area contributed by atoms with Gasteiger partial charge in [-0.1, -0.05) is 0 Å². The Bertz CT molecular complexity index is 289. The summed E-state index contributed by atoms with van der Waals surface area (Å²) in [6, 6.07) is 3.46. The SMILES string of the molecule is O=C1N=CC(c2ccco2)O1. The zero-order valence-electron chi connectivity index (χ0n) is 5.56. The average Bonchev–Trinajstić information content (AvgIpc) is 2.55. The third-order valence-electron chi connectivity index (χ3n) is 1.37. The van der Waals surface area contributed by atoms with E-state index in [1.165, 1.54) is 12.5 Å². The minimum atomic E-state index is -0.564. The maximum Gasteiger partial charge on any atom is 0.434 e. The van der Waals surface area contributed by atoms with E-state index in [-0.39, 0.29) is 0 Å². The minimum Gasteiger partial charge on any atom is -0.465 e. The normalized spacial score (nSPS) is 22.2. The third kappa shape index (κ3) is 1.02. The Labute approximate surface area is 62.5 Å². The summed E-state index contributed by atoms with van der Waals surface area (Å²) >= 11 is 0. The summed E-state index contributed by atoms with van der Waals surface area (Å²) in [5, 5.41) is 0. The molecule has 1 aliphatic rings. The molecule has 0 radical (unpaired) electrons. The molecule has 1 aliphatic heterocycles. The fraction of sp³-hybridized carbons (Fsp3) is 0.143. The molecule has 0 aliphatic carbocycles. The molecule has 0 aromatic carbocycles. The summed E-state index contributed by atoms with van der Waals surface area (Å²) in [6.07, 6.45) is 1.94. The van der Waals surface area contributed by atoms with E-state index in [9.17, 15) is 4.79 Å². The van der Waals surface area contributed by atoms with Crippen molar-refractivity contribution in [2.45, 2.75) is 6.10 Å². The topological polar surface area (TPSA) is 51.8 Å². The van der Waals surface area contributed by atoms with E-state index in [1.54, 1.807) is 12.1 Å². The molecule has 11 heavy (non-hydrogen) atoms. The number of furan rings is 1. The van der Waals surface area contributed by atoms with Gasteiger partial charge < -0.3 is 9.15 Å². The minimum absolute atomic E-state index is 0.433. The molecule has 0 spiro atoms. The van der Waals surface area contributed by atoms with E-state index < -0.39 is 12.2 Å². The zero-order chi connectivity index (χ0) is 7.68. The summed E-state index contributed by atoms with van der Waals surface area (Å²) in [4.78, 5) is 13.9. The van der Waals surface area contributed by atoms with Gasteiger partial charge in [-0.3, -0.25) is 0 Å². The summed E-state index contributed by atoms with van der Waals surface area (Å²) in [5.74, 6) is 0.597. The number of ether oxygens (including phenoxy) is 1. The lowest BCUT2D eigenvalue weighted by molar-refractivity contribution is 0.140. The maximum absolute atomic E-state index is 10.5. The van der Waals surface area contributed by atoms with Gasteiger partial charge in [0, 0.05) is 0 Å². The average molecular weight is 151 g/mol. The molecule has 0 saturated heterocycles. The van der Waals surface area contributed by atoms with Crippen molar-refractivity contribution in [3.63, 3.8) is 0 Å². The van der Waals surface area contributed by atoms with Crippen molar-refractivity contribution in [2.24, 2.45) is 4.99 Å². The molecule has 0 saturated carbocycles. The second-order valence-corrected chi connectivity index (χ2v) is 2.10. The summed E-state index contributed by atoms with van der Waals surface area (Å²) in [5.41, 5.74) is 0. The van der Waals surface area contributed by atoms with Crippen LogP contribution in [0.25, 0.3) is 0 Å². The predicted molar refractivity (Wildman–Crippen MR) is 36.4 cm³/mol. The van der Waals surface area contributed by atoms with E-state index >= 15 is 0 Å². The van der Waals surface area contributed by atoms with Crippen LogP contribution >= 0.6 is 0 Å². The molecule has 1 amide bonds. The molecular formula is C7H5NO3. The molecule has 2 rings (SSSR count). The van der Waals surface area contributed by atoms with E-state index in [4.69, 9.17) is 9.15 Å². The van der Waals surface area contributed by atoms with E-state index in [1.807, 2.05) is 0 Å². The van der Waals surface area contributed by atoms with Gasteiger partial charge in [0.25, 0.3) is 0 Å². The van der Waals surface area contributed by atoms with Crippen molar-refractivity contribution in [3.8, 4) is 0 Å². The second-order valence-electron chi connectivity index (χ2n) is 2.10. The van der Waals surface area contributed by atoms with Crippen LogP contribution in [-0.2, 0) is 4.74 Å². The molecular weight excluding hydrogens is 146 g/mol. The summed E-state index contributed by atoms with van der Waals surface area (Å²) < 4.78 is 9.75. The number of carbonyl (C=O) groups is 1. The maximum atomic E-state index is 10.5. The van der Waals surface area contributed by atoms with Crippen LogP contribution in [0.3, 0.4) is 0 Å². The molecule has 4 nitrogen and oxygen atoms in total. The molecule has 0 bridgehead atoms. The Hall–Kier alpha value is -1.58. The number of nitrogens with zero attached hydrogens (tertiary/aromatic N) is 1. The fourth-order valence-corrected chi connectivity index (χ4v) is 0.883. The number of rotatable bonds is 1. The van der Waals surface area contributed by atoms with Gasteiger partial charge in [0.1, 0.15) is 5.76 Å². The van der Waals surface area contributed by atoms with Crippen LogP contribution in [0.1, 0.15) is 11.9 Å². The number of aliphatic imine (C=N–C) groups is 1. The molecule has 1 aromatic heterocycles. The highest BCUT2D eigenvalue weighted by Gasteiger charge is 2.21. The van der Waals surface area contributed by atoms with Gasteiger partial charge in [0.15, 0.2) is 6.10 Å². The van der Waals surface area contributed by atoms with Gasteiger partial charge in [-0.15, -0.1) is 0 Å². The summed E-state index contributed by atoms with van der Waals surface area (Å²) in [7, 11) is 0. The molecule has 56 valence electrons. The molecule has 2 heterocycles. The number of cyclic esters (lactones) is 1. The van der Waals surface area contributed by atoms with Gasteiger partial charge in [0.2, 0.25) is 0 Å². The standard InChI is InChI=1S/C7H5NO3/c9-7-8-4-6(11-7)5-2-1-3-10-5/h1-4,6H. The third-order valence-corrected chi connectivity index (χ3v) is 1.37. The molecule has 0 fully saturated rings. The Morgan fingerprint density at radius 2 is 2.45 bits per heavy atom. The Morgan fingerprint density at radius 1 is 1.55 bits per heavy atom. The van der Waals surface area contributed by atoms with Crippen molar-refractivity contribution in [1.29, 1.82) is 0 Å².